The molecule has 76 valence electrons. The Labute approximate surface area is 83.6 Å². The minimum absolute atomic E-state index is 0.259. The van der Waals surface area contributed by atoms with Crippen molar-refractivity contribution >= 4 is 0 Å². The van der Waals surface area contributed by atoms with Crippen LogP contribution in [0.1, 0.15) is 17.4 Å². The third-order valence-corrected chi connectivity index (χ3v) is 2.26. The van der Waals surface area contributed by atoms with Gasteiger partial charge >= 0.3 is 0 Å². The van der Waals surface area contributed by atoms with Crippen LogP contribution in [0.5, 0.6) is 5.75 Å². The van der Waals surface area contributed by atoms with Gasteiger partial charge in [-0.1, -0.05) is 11.6 Å². The highest BCUT2D eigenvalue weighted by molar-refractivity contribution is 5.37. The molecule has 1 saturated heterocycles. The Bertz CT molecular complexity index is 316. The van der Waals surface area contributed by atoms with Gasteiger partial charge in [0.1, 0.15) is 5.75 Å². The molecule has 2 rings (SSSR count). The van der Waals surface area contributed by atoms with E-state index in [2.05, 4.69) is 0 Å². The lowest BCUT2D eigenvalue weighted by Gasteiger charge is -2.14. The Kier molecular flexibility index (Phi) is 2.70. The van der Waals surface area contributed by atoms with Crippen molar-refractivity contribution in [2.24, 2.45) is 0 Å². The number of rotatable bonds is 2. The van der Waals surface area contributed by atoms with Gasteiger partial charge in [-0.05, 0) is 19.1 Å². The first-order chi connectivity index (χ1) is 6.81. The van der Waals surface area contributed by atoms with E-state index in [4.69, 9.17) is 14.2 Å². The van der Waals surface area contributed by atoms with E-state index in [1.54, 1.807) is 7.11 Å². The molecule has 0 amide bonds. The molecular weight excluding hydrogens is 180 g/mol. The molecule has 1 heterocycles. The summed E-state index contributed by atoms with van der Waals surface area (Å²) in [5.74, 6) is 0.822. The van der Waals surface area contributed by atoms with Crippen molar-refractivity contribution in [3.8, 4) is 5.75 Å². The van der Waals surface area contributed by atoms with Crippen LogP contribution >= 0.6 is 0 Å². The summed E-state index contributed by atoms with van der Waals surface area (Å²) >= 11 is 0. The molecule has 3 heteroatoms. The monoisotopic (exact) mass is 194 g/mol. The van der Waals surface area contributed by atoms with Gasteiger partial charge in [-0.25, -0.2) is 0 Å². The summed E-state index contributed by atoms with van der Waals surface area (Å²) in [4.78, 5) is 0. The minimum atomic E-state index is -0.259. The molecule has 1 aliphatic heterocycles. The van der Waals surface area contributed by atoms with Crippen LogP contribution in [0.15, 0.2) is 18.2 Å². The van der Waals surface area contributed by atoms with Gasteiger partial charge in [0.05, 0.1) is 20.3 Å². The predicted molar refractivity (Wildman–Crippen MR) is 52.4 cm³/mol. The third-order valence-electron chi connectivity index (χ3n) is 2.26. The fraction of sp³-hybridized carbons (Fsp3) is 0.455. The Morgan fingerprint density at radius 2 is 2.00 bits per heavy atom. The first kappa shape index (κ1) is 9.49. The van der Waals surface area contributed by atoms with E-state index in [1.807, 2.05) is 25.1 Å². The highest BCUT2D eigenvalue weighted by Gasteiger charge is 2.21. The fourth-order valence-corrected chi connectivity index (χ4v) is 1.58. The number of methoxy groups -OCH3 is 1. The van der Waals surface area contributed by atoms with Gasteiger partial charge in [0.15, 0.2) is 6.29 Å². The van der Waals surface area contributed by atoms with Gasteiger partial charge in [0.2, 0.25) is 0 Å². The van der Waals surface area contributed by atoms with E-state index >= 15 is 0 Å². The molecule has 0 radical (unpaired) electrons. The Hall–Kier alpha value is -1.06. The molecular formula is C11H14O3. The van der Waals surface area contributed by atoms with Crippen LogP contribution in [0.25, 0.3) is 0 Å². The predicted octanol–water partition coefficient (Wildman–Crippen LogP) is 2.05. The van der Waals surface area contributed by atoms with Crippen LogP contribution in [-0.2, 0) is 9.47 Å². The van der Waals surface area contributed by atoms with E-state index in [9.17, 15) is 0 Å². The second-order valence-electron chi connectivity index (χ2n) is 3.32. The minimum Gasteiger partial charge on any atom is -0.496 e. The van der Waals surface area contributed by atoms with Gasteiger partial charge < -0.3 is 14.2 Å². The van der Waals surface area contributed by atoms with Crippen molar-refractivity contribution in [1.29, 1.82) is 0 Å². The number of aryl methyl sites for hydroxylation is 1. The van der Waals surface area contributed by atoms with Crippen LogP contribution in [0.4, 0.5) is 0 Å². The average Bonchev–Trinajstić information content (AvgIpc) is 2.70. The quantitative estimate of drug-likeness (QED) is 0.721. The maximum atomic E-state index is 5.43. The highest BCUT2D eigenvalue weighted by atomic mass is 16.7. The Morgan fingerprint density at radius 3 is 2.64 bits per heavy atom. The summed E-state index contributed by atoms with van der Waals surface area (Å²) in [5, 5.41) is 0. The molecule has 0 bridgehead atoms. The zero-order valence-electron chi connectivity index (χ0n) is 8.45. The standard InChI is InChI=1S/C11H14O3/c1-8-3-4-10(12-2)9(7-8)11-13-5-6-14-11/h3-4,7,11H,5-6H2,1-2H3. The van der Waals surface area contributed by atoms with Crippen molar-refractivity contribution in [2.45, 2.75) is 13.2 Å². The topological polar surface area (TPSA) is 27.7 Å². The van der Waals surface area contributed by atoms with E-state index in [1.165, 1.54) is 5.56 Å². The molecule has 3 nitrogen and oxygen atoms in total. The van der Waals surface area contributed by atoms with Crippen molar-refractivity contribution in [2.75, 3.05) is 20.3 Å². The zero-order valence-corrected chi connectivity index (χ0v) is 8.45. The molecule has 0 unspecified atom stereocenters. The third kappa shape index (κ3) is 1.74. The lowest BCUT2D eigenvalue weighted by molar-refractivity contribution is -0.0455. The molecule has 1 aliphatic rings. The fourth-order valence-electron chi connectivity index (χ4n) is 1.58. The summed E-state index contributed by atoms with van der Waals surface area (Å²) < 4.78 is 16.1. The number of hydrogen-bond donors (Lipinski definition) is 0. The lowest BCUT2D eigenvalue weighted by atomic mass is 10.1. The Morgan fingerprint density at radius 1 is 1.29 bits per heavy atom. The number of ether oxygens (including phenoxy) is 3. The number of benzene rings is 1. The zero-order chi connectivity index (χ0) is 9.97. The van der Waals surface area contributed by atoms with E-state index < -0.39 is 0 Å². The number of hydrogen-bond acceptors (Lipinski definition) is 3. The van der Waals surface area contributed by atoms with Gasteiger partial charge in [-0.2, -0.15) is 0 Å². The molecule has 1 aromatic rings. The summed E-state index contributed by atoms with van der Waals surface area (Å²) in [6.45, 7) is 3.35. The smallest absolute Gasteiger partial charge is 0.187 e. The van der Waals surface area contributed by atoms with Gasteiger partial charge in [-0.3, -0.25) is 0 Å². The van der Waals surface area contributed by atoms with Gasteiger partial charge in [0, 0.05) is 5.56 Å². The summed E-state index contributed by atoms with van der Waals surface area (Å²) in [6, 6.07) is 5.99. The first-order valence-corrected chi connectivity index (χ1v) is 4.69. The molecule has 14 heavy (non-hydrogen) atoms. The molecule has 0 saturated carbocycles. The molecule has 0 aromatic heterocycles. The van der Waals surface area contributed by atoms with Crippen LogP contribution in [0.2, 0.25) is 0 Å². The van der Waals surface area contributed by atoms with Crippen molar-refractivity contribution in [3.63, 3.8) is 0 Å². The molecule has 0 N–H and O–H groups in total. The maximum absolute atomic E-state index is 5.43. The van der Waals surface area contributed by atoms with Crippen LogP contribution in [-0.4, -0.2) is 20.3 Å². The van der Waals surface area contributed by atoms with Crippen LogP contribution < -0.4 is 4.74 Å². The average molecular weight is 194 g/mol. The summed E-state index contributed by atoms with van der Waals surface area (Å²) in [7, 11) is 1.66. The Balaban J connectivity index is 2.33. The van der Waals surface area contributed by atoms with Gasteiger partial charge in [-0.15, -0.1) is 0 Å². The lowest BCUT2D eigenvalue weighted by Crippen LogP contribution is -2.01. The summed E-state index contributed by atoms with van der Waals surface area (Å²) in [5.41, 5.74) is 2.16. The van der Waals surface area contributed by atoms with Gasteiger partial charge in [0.25, 0.3) is 0 Å². The molecule has 1 aromatic carbocycles. The van der Waals surface area contributed by atoms with E-state index in [-0.39, 0.29) is 6.29 Å². The highest BCUT2D eigenvalue weighted by Crippen LogP contribution is 2.31. The van der Waals surface area contributed by atoms with Crippen molar-refractivity contribution < 1.29 is 14.2 Å². The molecule has 0 spiro atoms. The molecule has 1 fully saturated rings. The van der Waals surface area contributed by atoms with Crippen molar-refractivity contribution in [1.82, 2.24) is 0 Å². The largest absolute Gasteiger partial charge is 0.496 e. The van der Waals surface area contributed by atoms with E-state index in [0.29, 0.717) is 13.2 Å². The first-order valence-electron chi connectivity index (χ1n) is 4.69. The molecule has 0 atom stereocenters. The SMILES string of the molecule is COc1ccc(C)cc1C1OCCO1. The van der Waals surface area contributed by atoms with Crippen molar-refractivity contribution in [3.05, 3.63) is 29.3 Å². The van der Waals surface area contributed by atoms with Crippen LogP contribution in [0.3, 0.4) is 0 Å². The second kappa shape index (κ2) is 3.98. The second-order valence-corrected chi connectivity index (χ2v) is 3.32. The van der Waals surface area contributed by atoms with Crippen LogP contribution in [0, 0.1) is 6.92 Å². The van der Waals surface area contributed by atoms with E-state index in [0.717, 1.165) is 11.3 Å². The maximum Gasteiger partial charge on any atom is 0.187 e. The normalized spacial score (nSPS) is 17.3. The molecule has 0 aliphatic carbocycles. The summed E-state index contributed by atoms with van der Waals surface area (Å²) in [6.07, 6.45) is -0.259.